The second-order valence-electron chi connectivity index (χ2n) is 7.16. The molecule has 0 saturated heterocycles. The van der Waals surface area contributed by atoms with Crippen molar-refractivity contribution >= 4 is 45.0 Å². The lowest BCUT2D eigenvalue weighted by Crippen LogP contribution is -2.42. The van der Waals surface area contributed by atoms with Crippen LogP contribution in [0.4, 0.5) is 13.2 Å². The average molecular weight is 451 g/mol. The van der Waals surface area contributed by atoms with Gasteiger partial charge in [-0.25, -0.2) is 0 Å². The third-order valence-electron chi connectivity index (χ3n) is 4.07. The first-order valence-electron chi connectivity index (χ1n) is 7.92. The van der Waals surface area contributed by atoms with Crippen LogP contribution in [-0.2, 0) is 15.3 Å². The van der Waals surface area contributed by atoms with Gasteiger partial charge < -0.3 is 0 Å². The van der Waals surface area contributed by atoms with E-state index in [0.29, 0.717) is 21.8 Å². The summed E-state index contributed by atoms with van der Waals surface area (Å²) in [5.41, 5.74) is 0.0362. The molecular weight excluding hydrogens is 433 g/mol. The van der Waals surface area contributed by atoms with Gasteiger partial charge in [0.25, 0.3) is 0 Å². The first-order chi connectivity index (χ1) is 11.9. The molecule has 0 aromatic heterocycles. The number of carbonyl (C=O) groups excluding carboxylic acids is 3. The Kier molecular flexibility index (Phi) is 6.38. The highest BCUT2D eigenvalue weighted by Gasteiger charge is 2.44. The summed E-state index contributed by atoms with van der Waals surface area (Å²) >= 11 is 3.87. The van der Waals surface area contributed by atoms with E-state index in [1.165, 1.54) is 6.07 Å². The standard InChI is InChI=1S/C18H18BrF3O3S/c1-17(2)6-13(23)15(14(24)7-17)16(25)12-4-3-11(19)5-10(12)8-26-9-18(20,21)22/h3-5,15H,6-9H2,1-2H3. The fraction of sp³-hybridized carbons (Fsp3) is 0.500. The summed E-state index contributed by atoms with van der Waals surface area (Å²) in [7, 11) is 0. The lowest BCUT2D eigenvalue weighted by molar-refractivity contribution is -0.137. The molecule has 1 saturated carbocycles. The van der Waals surface area contributed by atoms with Gasteiger partial charge >= 0.3 is 6.18 Å². The minimum atomic E-state index is -4.30. The van der Waals surface area contributed by atoms with Gasteiger partial charge in [-0.2, -0.15) is 13.2 Å². The SMILES string of the molecule is CC1(C)CC(=O)C(C(=O)c2ccc(Br)cc2CSCC(F)(F)F)C(=O)C1. The molecular formula is C18H18BrF3O3S. The zero-order valence-electron chi connectivity index (χ0n) is 14.3. The summed E-state index contributed by atoms with van der Waals surface area (Å²) in [6, 6.07) is 4.58. The zero-order valence-corrected chi connectivity index (χ0v) is 16.7. The van der Waals surface area contributed by atoms with Crippen molar-refractivity contribution in [2.45, 2.75) is 38.6 Å². The van der Waals surface area contributed by atoms with E-state index in [1.807, 2.05) is 0 Å². The van der Waals surface area contributed by atoms with Gasteiger partial charge in [0.15, 0.2) is 17.3 Å². The summed E-state index contributed by atoms with van der Waals surface area (Å²) < 4.78 is 37.7. The molecule has 8 heteroatoms. The quantitative estimate of drug-likeness (QED) is 0.467. The number of alkyl halides is 3. The maximum atomic E-state index is 12.8. The van der Waals surface area contributed by atoms with Crippen molar-refractivity contribution in [1.82, 2.24) is 0 Å². The van der Waals surface area contributed by atoms with Crippen LogP contribution in [0, 0.1) is 11.3 Å². The molecule has 26 heavy (non-hydrogen) atoms. The lowest BCUT2D eigenvalue weighted by Gasteiger charge is -2.31. The first kappa shape index (κ1) is 21.2. The number of rotatable bonds is 5. The Bertz CT molecular complexity index is 724. The summed E-state index contributed by atoms with van der Waals surface area (Å²) in [6.45, 7) is 3.59. The maximum Gasteiger partial charge on any atom is 0.397 e. The third-order valence-corrected chi connectivity index (χ3v) is 5.61. The average Bonchev–Trinajstić information content (AvgIpc) is 2.43. The maximum absolute atomic E-state index is 12.8. The van der Waals surface area contributed by atoms with Crippen LogP contribution in [0.5, 0.6) is 0 Å². The molecule has 0 N–H and O–H groups in total. The molecule has 142 valence electrons. The van der Waals surface area contributed by atoms with Gasteiger partial charge in [0.1, 0.15) is 5.92 Å². The number of benzene rings is 1. The molecule has 0 unspecified atom stereocenters. The number of ketones is 3. The van der Waals surface area contributed by atoms with E-state index in [1.54, 1.807) is 26.0 Å². The monoisotopic (exact) mass is 450 g/mol. The fourth-order valence-electron chi connectivity index (χ4n) is 3.04. The number of carbonyl (C=O) groups is 3. The van der Waals surface area contributed by atoms with Gasteiger partial charge in [-0.1, -0.05) is 29.8 Å². The molecule has 0 aliphatic heterocycles. The van der Waals surface area contributed by atoms with E-state index >= 15 is 0 Å². The highest BCUT2D eigenvalue weighted by atomic mass is 79.9. The van der Waals surface area contributed by atoms with Crippen LogP contribution >= 0.6 is 27.7 Å². The molecule has 1 fully saturated rings. The smallest absolute Gasteiger partial charge is 0.298 e. The molecule has 0 atom stereocenters. The van der Waals surface area contributed by atoms with E-state index in [2.05, 4.69) is 15.9 Å². The van der Waals surface area contributed by atoms with Crippen LogP contribution in [0.15, 0.2) is 22.7 Å². The number of thioether (sulfide) groups is 1. The molecule has 0 amide bonds. The highest BCUT2D eigenvalue weighted by Crippen LogP contribution is 2.36. The predicted molar refractivity (Wildman–Crippen MR) is 97.2 cm³/mol. The normalized spacial score (nSPS) is 18.2. The lowest BCUT2D eigenvalue weighted by atomic mass is 9.69. The summed E-state index contributed by atoms with van der Waals surface area (Å²) in [5.74, 6) is -3.90. The predicted octanol–water partition coefficient (Wildman–Crippen LogP) is 5.00. The molecule has 1 aromatic carbocycles. The van der Waals surface area contributed by atoms with Crippen LogP contribution in [0.1, 0.15) is 42.6 Å². The Balaban J connectivity index is 2.26. The van der Waals surface area contributed by atoms with Gasteiger partial charge in [-0.3, -0.25) is 14.4 Å². The molecule has 0 spiro atoms. The minimum absolute atomic E-state index is 0.0411. The molecule has 0 heterocycles. The van der Waals surface area contributed by atoms with Crippen molar-refractivity contribution in [2.24, 2.45) is 11.3 Å². The number of hydrogen-bond acceptors (Lipinski definition) is 4. The Morgan fingerprint density at radius 3 is 2.35 bits per heavy atom. The van der Waals surface area contributed by atoms with Crippen LogP contribution in [-0.4, -0.2) is 29.3 Å². The van der Waals surface area contributed by atoms with E-state index < -0.39 is 40.6 Å². The summed E-state index contributed by atoms with van der Waals surface area (Å²) in [5, 5.41) is 0. The Hall–Kier alpha value is -1.15. The van der Waals surface area contributed by atoms with Crippen molar-refractivity contribution in [3.63, 3.8) is 0 Å². The third kappa shape index (κ3) is 5.42. The fourth-order valence-corrected chi connectivity index (χ4v) is 4.24. The van der Waals surface area contributed by atoms with Crippen LogP contribution in [0.2, 0.25) is 0 Å². The number of halogens is 4. The van der Waals surface area contributed by atoms with Crippen LogP contribution < -0.4 is 0 Å². The van der Waals surface area contributed by atoms with Crippen molar-refractivity contribution < 1.29 is 27.6 Å². The molecule has 1 aromatic rings. The van der Waals surface area contributed by atoms with E-state index in [0.717, 1.165) is 0 Å². The summed E-state index contributed by atoms with van der Waals surface area (Å²) in [4.78, 5) is 37.5. The molecule has 1 aliphatic carbocycles. The number of Topliss-reactive ketones (excluding diaryl/α,β-unsaturated/α-hetero) is 3. The highest BCUT2D eigenvalue weighted by molar-refractivity contribution is 9.10. The topological polar surface area (TPSA) is 51.2 Å². The molecule has 3 nitrogen and oxygen atoms in total. The van der Waals surface area contributed by atoms with Gasteiger partial charge in [-0.05, 0) is 29.2 Å². The van der Waals surface area contributed by atoms with E-state index in [-0.39, 0.29) is 24.2 Å². The second kappa shape index (κ2) is 7.84. The van der Waals surface area contributed by atoms with Gasteiger partial charge in [-0.15, -0.1) is 11.8 Å². The van der Waals surface area contributed by atoms with E-state index in [4.69, 9.17) is 0 Å². The van der Waals surface area contributed by atoms with Gasteiger partial charge in [0.05, 0.1) is 5.75 Å². The summed E-state index contributed by atoms with van der Waals surface area (Å²) in [6.07, 6.45) is -4.05. The molecule has 0 bridgehead atoms. The van der Waals surface area contributed by atoms with Gasteiger partial charge in [0, 0.05) is 28.6 Å². The first-order valence-corrected chi connectivity index (χ1v) is 9.87. The zero-order chi connectivity index (χ0) is 19.7. The molecule has 1 aliphatic rings. The van der Waals surface area contributed by atoms with Crippen LogP contribution in [0.3, 0.4) is 0 Å². The van der Waals surface area contributed by atoms with Crippen molar-refractivity contribution in [3.05, 3.63) is 33.8 Å². The van der Waals surface area contributed by atoms with Crippen LogP contribution in [0.25, 0.3) is 0 Å². The Morgan fingerprint density at radius 1 is 1.23 bits per heavy atom. The Labute approximate surface area is 162 Å². The minimum Gasteiger partial charge on any atom is -0.298 e. The van der Waals surface area contributed by atoms with Crippen molar-refractivity contribution in [2.75, 3.05) is 5.75 Å². The second-order valence-corrected chi connectivity index (χ2v) is 9.06. The molecule has 0 radical (unpaired) electrons. The van der Waals surface area contributed by atoms with Gasteiger partial charge in [0.2, 0.25) is 0 Å². The Morgan fingerprint density at radius 2 is 1.81 bits per heavy atom. The molecule has 2 rings (SSSR count). The largest absolute Gasteiger partial charge is 0.397 e. The van der Waals surface area contributed by atoms with Crippen molar-refractivity contribution in [1.29, 1.82) is 0 Å². The van der Waals surface area contributed by atoms with Crippen molar-refractivity contribution in [3.8, 4) is 0 Å². The number of hydrogen-bond donors (Lipinski definition) is 0. The van der Waals surface area contributed by atoms with E-state index in [9.17, 15) is 27.6 Å².